The monoisotopic (exact) mass is 464 g/mol. The third-order valence-electron chi connectivity index (χ3n) is 5.53. The fourth-order valence-corrected chi connectivity index (χ4v) is 3.85. The molecule has 2 atom stereocenters. The first-order valence-corrected chi connectivity index (χ1v) is 9.76. The highest BCUT2D eigenvalue weighted by Gasteiger charge is 2.48. The van der Waals surface area contributed by atoms with Crippen LogP contribution in [0, 0.1) is 11.8 Å². The first kappa shape index (κ1) is 22.6. The quantitative estimate of drug-likeness (QED) is 0.528. The number of fused-ring (bicyclic) bond motifs is 3. The van der Waals surface area contributed by atoms with E-state index in [2.05, 4.69) is 16.9 Å². The zero-order valence-electron chi connectivity index (χ0n) is 17.5. The molecule has 3 heterocycles. The highest BCUT2D eigenvalue weighted by Crippen LogP contribution is 2.43. The second-order valence-corrected chi connectivity index (χ2v) is 8.18. The molecule has 0 saturated carbocycles. The number of carbonyl (C=O) groups is 2. The van der Waals surface area contributed by atoms with Gasteiger partial charge in [0.1, 0.15) is 29.2 Å². The summed E-state index contributed by atoms with van der Waals surface area (Å²) in [6.07, 6.45) is -4.94. The van der Waals surface area contributed by atoms with E-state index >= 15 is 0 Å². The van der Waals surface area contributed by atoms with E-state index in [1.807, 2.05) is 0 Å². The smallest absolute Gasteiger partial charge is 0.420 e. The van der Waals surface area contributed by atoms with Gasteiger partial charge in [-0.15, -0.1) is 0 Å². The molecule has 0 bridgehead atoms. The molecular weight excluding hydrogens is 445 g/mol. The van der Waals surface area contributed by atoms with E-state index in [1.165, 1.54) is 30.1 Å². The summed E-state index contributed by atoms with van der Waals surface area (Å²) in [6.45, 7) is 0.868. The van der Waals surface area contributed by atoms with Gasteiger partial charge in [-0.2, -0.15) is 18.3 Å². The summed E-state index contributed by atoms with van der Waals surface area (Å²) in [5, 5.41) is 25.0. The highest BCUT2D eigenvalue weighted by molar-refractivity contribution is 5.93. The first-order chi connectivity index (χ1) is 15.2. The minimum atomic E-state index is -5.04. The van der Waals surface area contributed by atoms with E-state index in [4.69, 9.17) is 10.5 Å². The molecule has 0 spiro atoms. The van der Waals surface area contributed by atoms with Crippen molar-refractivity contribution >= 4 is 11.8 Å². The van der Waals surface area contributed by atoms with Gasteiger partial charge >= 0.3 is 6.18 Å². The van der Waals surface area contributed by atoms with Crippen LogP contribution >= 0.6 is 0 Å². The Morgan fingerprint density at radius 1 is 1.33 bits per heavy atom. The van der Waals surface area contributed by atoms with Crippen molar-refractivity contribution < 1.29 is 37.7 Å². The predicted molar refractivity (Wildman–Crippen MR) is 106 cm³/mol. The molecule has 2 aromatic rings. The number of halogens is 3. The molecule has 0 radical (unpaired) electrons. The number of ether oxygens (including phenoxy) is 1. The van der Waals surface area contributed by atoms with E-state index in [0.717, 1.165) is 11.6 Å². The standard InChI is InChI=1S/C21H19F3N4O5/c1-19(31)10-33-13-4-3-11(5-6-20(32)7-8-27(2)18(20)30)9-12(13)28-16(19)14(21(22,23)24)15(26-28)17(25)29/h3-4,9,31-32H,7-8,10H2,1-2H3,(H2,25,29)/t19?,20-/m0/s1. The molecule has 1 fully saturated rings. The molecule has 9 nitrogen and oxygen atoms in total. The van der Waals surface area contributed by atoms with Gasteiger partial charge in [0.05, 0.1) is 5.69 Å². The van der Waals surface area contributed by atoms with Crippen LogP contribution in [0.5, 0.6) is 5.75 Å². The largest absolute Gasteiger partial charge is 0.488 e. The van der Waals surface area contributed by atoms with E-state index in [0.29, 0.717) is 6.54 Å². The predicted octanol–water partition coefficient (Wildman–Crippen LogP) is 0.535. The number of nitrogens with zero attached hydrogens (tertiary/aromatic N) is 3. The Kier molecular flexibility index (Phi) is 4.95. The SMILES string of the molecule is CN1CC[C@@](O)(C#Cc2ccc3c(c2)-n2nc(C(N)=O)c(C(F)(F)F)c2C(C)(O)CO3)C1=O. The number of primary amides is 1. The Hall–Kier alpha value is -3.56. The lowest BCUT2D eigenvalue weighted by atomic mass is 9.97. The van der Waals surface area contributed by atoms with Gasteiger partial charge in [-0.25, -0.2) is 4.68 Å². The van der Waals surface area contributed by atoms with Crippen LogP contribution in [0.2, 0.25) is 0 Å². The Labute approximate surface area is 185 Å². The fraction of sp³-hybridized carbons (Fsp3) is 0.381. The second kappa shape index (κ2) is 7.23. The van der Waals surface area contributed by atoms with Crippen molar-refractivity contribution in [2.45, 2.75) is 30.7 Å². The molecule has 1 saturated heterocycles. The molecule has 2 aliphatic heterocycles. The van der Waals surface area contributed by atoms with Crippen molar-refractivity contribution in [1.29, 1.82) is 0 Å². The van der Waals surface area contributed by atoms with Crippen LogP contribution in [0.3, 0.4) is 0 Å². The molecule has 1 unspecified atom stereocenters. The van der Waals surface area contributed by atoms with Gasteiger partial charge in [0.15, 0.2) is 5.69 Å². The Morgan fingerprint density at radius 3 is 2.61 bits per heavy atom. The minimum absolute atomic E-state index is 0.0329. The third-order valence-corrected chi connectivity index (χ3v) is 5.53. The van der Waals surface area contributed by atoms with Crippen molar-refractivity contribution in [3.63, 3.8) is 0 Å². The van der Waals surface area contributed by atoms with E-state index in [1.54, 1.807) is 0 Å². The van der Waals surface area contributed by atoms with Crippen molar-refractivity contribution in [1.82, 2.24) is 14.7 Å². The van der Waals surface area contributed by atoms with Gasteiger partial charge in [-0.3, -0.25) is 9.59 Å². The maximum Gasteiger partial charge on any atom is 0.420 e. The zero-order valence-corrected chi connectivity index (χ0v) is 17.5. The van der Waals surface area contributed by atoms with Gasteiger partial charge in [0, 0.05) is 25.6 Å². The van der Waals surface area contributed by atoms with Crippen molar-refractivity contribution in [3.8, 4) is 23.3 Å². The summed E-state index contributed by atoms with van der Waals surface area (Å²) < 4.78 is 47.9. The number of alkyl halides is 3. The number of likely N-dealkylation sites (N-methyl/N-ethyl adjacent to an activating group) is 1. The normalized spacial score (nSPS) is 24.3. The summed E-state index contributed by atoms with van der Waals surface area (Å²) in [6, 6.07) is 4.19. The highest BCUT2D eigenvalue weighted by atomic mass is 19.4. The lowest BCUT2D eigenvalue weighted by Crippen LogP contribution is -2.37. The summed E-state index contributed by atoms with van der Waals surface area (Å²) in [7, 11) is 1.53. The van der Waals surface area contributed by atoms with Crippen LogP contribution in [0.1, 0.15) is 40.7 Å². The molecule has 0 aliphatic carbocycles. The minimum Gasteiger partial charge on any atom is -0.488 e. The van der Waals surface area contributed by atoms with Crippen LogP contribution < -0.4 is 10.5 Å². The number of amides is 2. The first-order valence-electron chi connectivity index (χ1n) is 9.76. The number of hydrogen-bond acceptors (Lipinski definition) is 6. The molecule has 1 aromatic heterocycles. The molecule has 33 heavy (non-hydrogen) atoms. The summed E-state index contributed by atoms with van der Waals surface area (Å²) in [5.41, 5.74) is -1.92. The Bertz CT molecular complexity index is 1240. The van der Waals surface area contributed by atoms with Crippen LogP contribution in [0.15, 0.2) is 18.2 Å². The van der Waals surface area contributed by atoms with Gasteiger partial charge in [-0.1, -0.05) is 11.8 Å². The van der Waals surface area contributed by atoms with Crippen LogP contribution in [0.25, 0.3) is 5.69 Å². The van der Waals surface area contributed by atoms with E-state index in [-0.39, 0.29) is 23.4 Å². The van der Waals surface area contributed by atoms with Gasteiger partial charge in [0.25, 0.3) is 11.8 Å². The van der Waals surface area contributed by atoms with Gasteiger partial charge in [-0.05, 0) is 25.1 Å². The van der Waals surface area contributed by atoms with Crippen molar-refractivity contribution in [2.24, 2.45) is 5.73 Å². The number of aliphatic hydroxyl groups is 2. The van der Waals surface area contributed by atoms with Crippen molar-refractivity contribution in [3.05, 3.63) is 40.7 Å². The number of nitrogens with two attached hydrogens (primary N) is 1. The molecule has 2 amide bonds. The lowest BCUT2D eigenvalue weighted by molar-refractivity contribution is -0.141. The van der Waals surface area contributed by atoms with Crippen LogP contribution in [-0.2, 0) is 16.6 Å². The van der Waals surface area contributed by atoms with Crippen LogP contribution in [0.4, 0.5) is 13.2 Å². The van der Waals surface area contributed by atoms with E-state index < -0.39 is 52.8 Å². The number of rotatable bonds is 1. The number of aromatic nitrogens is 2. The number of carbonyl (C=O) groups excluding carboxylic acids is 2. The molecular formula is C21H19F3N4O5. The van der Waals surface area contributed by atoms with Gasteiger partial charge < -0.3 is 25.6 Å². The number of likely N-dealkylation sites (tertiary alicyclic amines) is 1. The third kappa shape index (κ3) is 3.69. The molecule has 1 aromatic carbocycles. The molecule has 174 valence electrons. The second-order valence-electron chi connectivity index (χ2n) is 8.18. The van der Waals surface area contributed by atoms with Crippen LogP contribution in [-0.4, -0.2) is 62.5 Å². The van der Waals surface area contributed by atoms with E-state index in [9.17, 15) is 33.0 Å². The number of hydrogen-bond donors (Lipinski definition) is 3. The summed E-state index contributed by atoms with van der Waals surface area (Å²) >= 11 is 0. The maximum atomic E-state index is 13.9. The molecule has 4 rings (SSSR count). The Balaban J connectivity index is 1.90. The summed E-state index contributed by atoms with van der Waals surface area (Å²) in [5.74, 6) is 3.27. The summed E-state index contributed by atoms with van der Waals surface area (Å²) in [4.78, 5) is 25.2. The molecule has 2 aliphatic rings. The van der Waals surface area contributed by atoms with Crippen molar-refractivity contribution in [2.75, 3.05) is 20.2 Å². The van der Waals surface area contributed by atoms with Gasteiger partial charge in [0.2, 0.25) is 5.60 Å². The molecule has 12 heteroatoms. The average molecular weight is 464 g/mol. The number of benzene rings is 1. The Morgan fingerprint density at radius 2 is 2.03 bits per heavy atom. The zero-order chi connectivity index (χ0) is 24.3. The molecule has 4 N–H and O–H groups in total. The maximum absolute atomic E-state index is 13.9. The topological polar surface area (TPSA) is 131 Å². The average Bonchev–Trinajstić information content (AvgIpc) is 3.24. The lowest BCUT2D eigenvalue weighted by Gasteiger charge is -2.23. The fourth-order valence-electron chi connectivity index (χ4n) is 3.85.